The molecule has 0 aromatic carbocycles. The molecule has 0 rings (SSSR count). The fraction of sp³-hybridized carbons (Fsp3) is 0.833. The minimum absolute atomic E-state index is 0. The summed E-state index contributed by atoms with van der Waals surface area (Å²) < 4.78 is 0. The second-order valence-electron chi connectivity index (χ2n) is 1.80. The van der Waals surface area contributed by atoms with E-state index in [2.05, 4.69) is 20.8 Å². The summed E-state index contributed by atoms with van der Waals surface area (Å²) in [5.41, 5.74) is 0. The molecule has 0 aliphatic heterocycles. The van der Waals surface area contributed by atoms with Gasteiger partial charge in [0.05, 0.1) is 0 Å². The third-order valence-electron chi connectivity index (χ3n) is 1.19. The minimum Gasteiger partial charge on any atom is -0.343 e. The third-order valence-corrected chi connectivity index (χ3v) is 1.19. The molecule has 0 heterocycles. The van der Waals surface area contributed by atoms with Crippen molar-refractivity contribution in [1.29, 1.82) is 0 Å². The Kier molecular flexibility index (Phi) is 19.9. The standard InChI is InChI=1S/C6H13.Rf.Y/c1-4-6(3)5-2;;/h6H,1,4-5H2,2-3H3;;/q-1;;. The van der Waals surface area contributed by atoms with E-state index in [4.69, 9.17) is 0 Å². The van der Waals surface area contributed by atoms with Gasteiger partial charge in [-0.25, -0.2) is 0 Å². The van der Waals surface area contributed by atoms with Gasteiger partial charge >= 0.3 is 0 Å². The summed E-state index contributed by atoms with van der Waals surface area (Å²) in [6.07, 6.45) is 2.35. The molecule has 1 unspecified atom stereocenters. The largest absolute Gasteiger partial charge is 0.343 e. The van der Waals surface area contributed by atoms with Gasteiger partial charge in [-0.1, -0.05) is 26.2 Å². The maximum absolute atomic E-state index is 3.76. The van der Waals surface area contributed by atoms with Crippen LogP contribution in [0.1, 0.15) is 26.7 Å². The van der Waals surface area contributed by atoms with Crippen LogP contribution in [-0.2, 0) is 32.7 Å². The van der Waals surface area contributed by atoms with Crippen molar-refractivity contribution in [2.45, 2.75) is 26.7 Å². The number of hydrogen-bond donors (Lipinski definition) is 0. The van der Waals surface area contributed by atoms with Gasteiger partial charge in [0.1, 0.15) is 0 Å². The Labute approximate surface area is 71.9 Å². The van der Waals surface area contributed by atoms with Crippen LogP contribution in [0.15, 0.2) is 0 Å². The van der Waals surface area contributed by atoms with Crippen molar-refractivity contribution in [3.63, 3.8) is 0 Å². The zero-order chi connectivity index (χ0) is 4.99. The molecule has 0 amide bonds. The van der Waals surface area contributed by atoms with Gasteiger partial charge in [-0.3, -0.25) is 0 Å². The Morgan fingerprint density at radius 1 is 1.50 bits per heavy atom. The number of rotatable bonds is 2. The molecular formula is C6H13RfY-. The Hall–Kier alpha value is 0.104. The molecule has 43 valence electrons. The van der Waals surface area contributed by atoms with Crippen LogP contribution >= 0.6 is 0 Å². The normalized spacial score (nSPS) is 10.9. The van der Waals surface area contributed by atoms with Gasteiger partial charge in [0.15, 0.2) is 0 Å². The molecule has 8 heavy (non-hydrogen) atoms. The van der Waals surface area contributed by atoms with Crippen molar-refractivity contribution in [3.8, 4) is 0 Å². The van der Waals surface area contributed by atoms with Crippen molar-refractivity contribution in [2.24, 2.45) is 5.92 Å². The Balaban J connectivity index is -0.000000125. The summed E-state index contributed by atoms with van der Waals surface area (Å²) in [7, 11) is 0. The van der Waals surface area contributed by atoms with Gasteiger partial charge in [-0.05, 0) is 0 Å². The molecule has 0 N–H and O–H groups in total. The topological polar surface area (TPSA) is 0 Å². The molecule has 0 spiro atoms. The van der Waals surface area contributed by atoms with Crippen LogP contribution in [-0.4, -0.2) is 0 Å². The van der Waals surface area contributed by atoms with Gasteiger partial charge in [0.25, 0.3) is 0 Å². The minimum atomic E-state index is 0. The van der Waals surface area contributed by atoms with E-state index >= 15 is 0 Å². The van der Waals surface area contributed by atoms with E-state index in [0.29, 0.717) is 0 Å². The summed E-state index contributed by atoms with van der Waals surface area (Å²) in [6, 6.07) is 0. The van der Waals surface area contributed by atoms with Crippen LogP contribution < -0.4 is 0 Å². The van der Waals surface area contributed by atoms with Gasteiger partial charge in [0.2, 0.25) is 0 Å². The van der Waals surface area contributed by atoms with Crippen LogP contribution in [0.25, 0.3) is 0 Å². The molecule has 0 bridgehead atoms. The summed E-state index contributed by atoms with van der Waals surface area (Å²) in [4.78, 5) is 0. The predicted octanol–water partition coefficient (Wildman–Crippen LogP) is 2.25. The fourth-order valence-electron chi connectivity index (χ4n) is 0.204. The molecule has 0 saturated carbocycles. The fourth-order valence-corrected chi connectivity index (χ4v) is 0.204. The summed E-state index contributed by atoms with van der Waals surface area (Å²) in [6.45, 7) is 8.16. The second-order valence-corrected chi connectivity index (χ2v) is 1.80. The van der Waals surface area contributed by atoms with Crippen LogP contribution in [0.5, 0.6) is 0 Å². The molecular weight excluding hydrogens is 428 g/mol. The van der Waals surface area contributed by atoms with Crippen molar-refractivity contribution in [2.75, 3.05) is 0 Å². The molecule has 0 fully saturated rings. The molecule has 0 nitrogen and oxygen atoms in total. The monoisotopic (exact) mass is 441 g/mol. The molecule has 2 heteroatoms. The van der Waals surface area contributed by atoms with E-state index in [0.717, 1.165) is 12.3 Å². The van der Waals surface area contributed by atoms with E-state index < -0.39 is 0 Å². The summed E-state index contributed by atoms with van der Waals surface area (Å²) in [5, 5.41) is 0. The Morgan fingerprint density at radius 2 is 1.88 bits per heavy atom. The summed E-state index contributed by atoms with van der Waals surface area (Å²) in [5.74, 6) is 0.824. The smallest absolute Gasteiger partial charge is 0 e. The van der Waals surface area contributed by atoms with E-state index in [1.807, 2.05) is 0 Å². The SMILES string of the molecule is [CH2-]CC(C)CC.[Rf].[Y]. The maximum Gasteiger partial charge on any atom is 0 e. The molecule has 0 aromatic rings. The van der Waals surface area contributed by atoms with Crippen molar-refractivity contribution < 1.29 is 32.7 Å². The van der Waals surface area contributed by atoms with Crippen LogP contribution in [0.4, 0.5) is 0 Å². The average Bonchev–Trinajstić information content (AvgIpc) is 1.65. The Morgan fingerprint density at radius 3 is 1.88 bits per heavy atom. The summed E-state index contributed by atoms with van der Waals surface area (Å²) >= 11 is 0. The van der Waals surface area contributed by atoms with Crippen molar-refractivity contribution >= 4 is 0 Å². The van der Waals surface area contributed by atoms with E-state index in [9.17, 15) is 0 Å². The first-order valence-corrected chi connectivity index (χ1v) is 2.60. The first-order valence-electron chi connectivity index (χ1n) is 2.60. The molecule has 1 atom stereocenters. The Bertz CT molecular complexity index is 27.7. The number of hydrogen-bond acceptors (Lipinski definition) is 0. The second kappa shape index (κ2) is 10.2. The average molecular weight is 441 g/mol. The van der Waals surface area contributed by atoms with Crippen LogP contribution in [0, 0.1) is 12.8 Å². The van der Waals surface area contributed by atoms with Gasteiger partial charge in [-0.15, -0.1) is 0 Å². The first-order chi connectivity index (χ1) is 2.81. The van der Waals surface area contributed by atoms with E-state index in [1.165, 1.54) is 6.42 Å². The van der Waals surface area contributed by atoms with Gasteiger partial charge < -0.3 is 6.92 Å². The van der Waals surface area contributed by atoms with Crippen LogP contribution in [0.2, 0.25) is 0 Å². The zero-order valence-electron chi connectivity index (χ0n) is 5.98. The molecule has 0 aliphatic carbocycles. The van der Waals surface area contributed by atoms with E-state index in [-0.39, 0.29) is 32.7 Å². The molecule has 0 aliphatic rings. The first kappa shape index (κ1) is 15.7. The molecule has 1 radical (unpaired) electrons. The quantitative estimate of drug-likeness (QED) is 0.578. The molecule has 0 saturated heterocycles. The maximum atomic E-state index is 3.76. The van der Waals surface area contributed by atoms with Gasteiger partial charge in [0, 0.05) is 32.7 Å². The van der Waals surface area contributed by atoms with E-state index in [1.54, 1.807) is 0 Å². The predicted molar refractivity (Wildman–Crippen MR) is 29.4 cm³/mol. The van der Waals surface area contributed by atoms with Crippen LogP contribution in [0.3, 0.4) is 0 Å². The van der Waals surface area contributed by atoms with Crippen molar-refractivity contribution in [3.05, 3.63) is 6.92 Å². The third kappa shape index (κ3) is 9.44. The van der Waals surface area contributed by atoms with Gasteiger partial charge in [-0.2, -0.15) is 6.42 Å². The molecule has 0 aromatic heterocycles. The van der Waals surface area contributed by atoms with Crippen molar-refractivity contribution in [1.82, 2.24) is 0 Å². The zero-order valence-corrected chi connectivity index (χ0v) is 15.2.